The molecule has 0 radical (unpaired) electrons. The third kappa shape index (κ3) is 3.46. The summed E-state index contributed by atoms with van der Waals surface area (Å²) in [4.78, 5) is 4.26. The van der Waals surface area contributed by atoms with Crippen molar-refractivity contribution in [2.45, 2.75) is 37.8 Å². The fourth-order valence-electron chi connectivity index (χ4n) is 2.11. The Bertz CT molecular complexity index is 352. The van der Waals surface area contributed by atoms with Crippen LogP contribution in [0.15, 0.2) is 12.1 Å². The quantitative estimate of drug-likeness (QED) is 0.636. The molecule has 88 valence electrons. The highest BCUT2D eigenvalue weighted by Gasteiger charge is 2.19. The second kappa shape index (κ2) is 5.51. The minimum atomic E-state index is 0.324. The molecule has 0 spiro atoms. The van der Waals surface area contributed by atoms with Gasteiger partial charge < -0.3 is 11.1 Å². The van der Waals surface area contributed by atoms with Crippen molar-refractivity contribution < 1.29 is 0 Å². The van der Waals surface area contributed by atoms with Gasteiger partial charge in [0.15, 0.2) is 0 Å². The Kier molecular flexibility index (Phi) is 4.27. The van der Waals surface area contributed by atoms with E-state index in [2.05, 4.69) is 32.9 Å². The van der Waals surface area contributed by atoms with Crippen LogP contribution < -0.4 is 11.1 Å². The molecule has 1 aromatic heterocycles. The highest BCUT2D eigenvalue weighted by atomic mass is 127. The van der Waals surface area contributed by atoms with Crippen molar-refractivity contribution in [3.63, 3.8) is 0 Å². The Labute approximate surface area is 114 Å². The summed E-state index contributed by atoms with van der Waals surface area (Å²) in [5.74, 6) is 0.857. The smallest absolute Gasteiger partial charge is 0.132 e. The largest absolute Gasteiger partial charge is 0.367 e. The zero-order valence-corrected chi connectivity index (χ0v) is 11.8. The number of nitrogens with one attached hydrogen (secondary N) is 1. The van der Waals surface area contributed by atoms with Crippen LogP contribution in [0.3, 0.4) is 0 Å². The molecular weight excluding hydrogens is 336 g/mol. The number of nitrogens with zero attached hydrogens (tertiary/aromatic N) is 1. The molecule has 0 bridgehead atoms. The first-order valence-electron chi connectivity index (χ1n) is 5.48. The van der Waals surface area contributed by atoms with Crippen molar-refractivity contribution in [1.82, 2.24) is 4.98 Å². The molecule has 1 aromatic rings. The van der Waals surface area contributed by atoms with E-state index in [1.165, 1.54) is 12.8 Å². The monoisotopic (exact) mass is 351 g/mol. The predicted molar refractivity (Wildman–Crippen MR) is 75.8 cm³/mol. The standard InChI is InChI=1S/C11H15ClIN3/c12-10-4-7(13)5-11(16-10)15-9-3-1-2-8(14)6-9/h4-5,8-9H,1-3,6,14H2,(H,15,16). The Hall–Kier alpha value is -0.0700. The molecular formula is C11H15ClIN3. The molecule has 1 heterocycles. The lowest BCUT2D eigenvalue weighted by Crippen LogP contribution is -2.35. The third-order valence-corrected chi connectivity index (χ3v) is 3.64. The second-order valence-corrected chi connectivity index (χ2v) is 5.89. The van der Waals surface area contributed by atoms with Gasteiger partial charge in [-0.1, -0.05) is 11.6 Å². The molecule has 1 saturated carbocycles. The van der Waals surface area contributed by atoms with E-state index in [0.717, 1.165) is 22.2 Å². The summed E-state index contributed by atoms with van der Waals surface area (Å²) < 4.78 is 1.10. The van der Waals surface area contributed by atoms with Crippen LogP contribution in [0.5, 0.6) is 0 Å². The number of aromatic nitrogens is 1. The summed E-state index contributed by atoms with van der Waals surface area (Å²) in [5.41, 5.74) is 5.95. The van der Waals surface area contributed by atoms with E-state index in [4.69, 9.17) is 17.3 Å². The van der Waals surface area contributed by atoms with E-state index in [1.54, 1.807) is 0 Å². The Morgan fingerprint density at radius 1 is 1.44 bits per heavy atom. The first-order chi connectivity index (χ1) is 7.63. The molecule has 0 amide bonds. The fourth-order valence-corrected chi connectivity index (χ4v) is 3.09. The van der Waals surface area contributed by atoms with Crippen molar-refractivity contribution in [3.8, 4) is 0 Å². The highest BCUT2D eigenvalue weighted by Crippen LogP contribution is 2.22. The number of pyridine rings is 1. The van der Waals surface area contributed by atoms with Gasteiger partial charge in [-0.25, -0.2) is 4.98 Å². The van der Waals surface area contributed by atoms with Crippen molar-refractivity contribution in [1.29, 1.82) is 0 Å². The van der Waals surface area contributed by atoms with Crippen LogP contribution in [0.1, 0.15) is 25.7 Å². The van der Waals surface area contributed by atoms with Gasteiger partial charge in [0.05, 0.1) is 0 Å². The van der Waals surface area contributed by atoms with Gasteiger partial charge in [-0.3, -0.25) is 0 Å². The van der Waals surface area contributed by atoms with Gasteiger partial charge in [0.1, 0.15) is 11.0 Å². The van der Waals surface area contributed by atoms with Crippen molar-refractivity contribution in [2.24, 2.45) is 5.73 Å². The van der Waals surface area contributed by atoms with E-state index in [-0.39, 0.29) is 0 Å². The van der Waals surface area contributed by atoms with Crippen LogP contribution in [0, 0.1) is 3.57 Å². The summed E-state index contributed by atoms with van der Waals surface area (Å²) in [6.45, 7) is 0. The number of anilines is 1. The van der Waals surface area contributed by atoms with Crippen molar-refractivity contribution in [3.05, 3.63) is 20.9 Å². The Morgan fingerprint density at radius 3 is 2.94 bits per heavy atom. The number of hydrogen-bond acceptors (Lipinski definition) is 3. The molecule has 2 rings (SSSR count). The van der Waals surface area contributed by atoms with Gasteiger partial charge in [-0.05, 0) is 60.4 Å². The van der Waals surface area contributed by atoms with Crippen molar-refractivity contribution >= 4 is 40.0 Å². The van der Waals surface area contributed by atoms with E-state index >= 15 is 0 Å². The summed E-state index contributed by atoms with van der Waals surface area (Å²) in [6.07, 6.45) is 4.51. The molecule has 1 fully saturated rings. The summed E-state index contributed by atoms with van der Waals surface area (Å²) >= 11 is 8.16. The zero-order valence-electron chi connectivity index (χ0n) is 8.92. The average Bonchev–Trinajstić information content (AvgIpc) is 2.15. The van der Waals surface area contributed by atoms with Gasteiger partial charge in [-0.2, -0.15) is 0 Å². The maximum absolute atomic E-state index is 5.95. The van der Waals surface area contributed by atoms with E-state index in [0.29, 0.717) is 17.2 Å². The topological polar surface area (TPSA) is 50.9 Å². The molecule has 3 N–H and O–H groups in total. The first kappa shape index (κ1) is 12.4. The van der Waals surface area contributed by atoms with E-state index in [1.807, 2.05) is 12.1 Å². The SMILES string of the molecule is NC1CCCC(Nc2cc(I)cc(Cl)n2)C1. The minimum absolute atomic E-state index is 0.324. The van der Waals surface area contributed by atoms with Crippen LogP contribution in [0.4, 0.5) is 5.82 Å². The number of halogens is 2. The molecule has 3 nitrogen and oxygen atoms in total. The van der Waals surface area contributed by atoms with Gasteiger partial charge in [0.2, 0.25) is 0 Å². The molecule has 1 aliphatic rings. The lowest BCUT2D eigenvalue weighted by molar-refractivity contribution is 0.409. The third-order valence-electron chi connectivity index (χ3n) is 2.83. The Morgan fingerprint density at radius 2 is 2.25 bits per heavy atom. The van der Waals surface area contributed by atoms with Crippen LogP contribution >= 0.6 is 34.2 Å². The van der Waals surface area contributed by atoms with Gasteiger partial charge in [0, 0.05) is 15.7 Å². The van der Waals surface area contributed by atoms with Crippen LogP contribution in [0.25, 0.3) is 0 Å². The summed E-state index contributed by atoms with van der Waals surface area (Å²) in [5, 5.41) is 3.95. The molecule has 2 unspecified atom stereocenters. The molecule has 2 atom stereocenters. The minimum Gasteiger partial charge on any atom is -0.367 e. The van der Waals surface area contributed by atoms with Gasteiger partial charge in [-0.15, -0.1) is 0 Å². The molecule has 0 aliphatic heterocycles. The number of rotatable bonds is 2. The molecule has 0 aromatic carbocycles. The van der Waals surface area contributed by atoms with Gasteiger partial charge in [0.25, 0.3) is 0 Å². The Balaban J connectivity index is 2.02. The van der Waals surface area contributed by atoms with Gasteiger partial charge >= 0.3 is 0 Å². The van der Waals surface area contributed by atoms with Crippen LogP contribution in [-0.2, 0) is 0 Å². The molecule has 1 aliphatic carbocycles. The summed E-state index contributed by atoms with van der Waals surface area (Å²) in [6, 6.07) is 4.61. The zero-order chi connectivity index (χ0) is 11.5. The predicted octanol–water partition coefficient (Wildman–Crippen LogP) is 3.02. The normalized spacial score (nSPS) is 25.4. The van der Waals surface area contributed by atoms with Crippen LogP contribution in [-0.4, -0.2) is 17.1 Å². The maximum Gasteiger partial charge on any atom is 0.132 e. The molecule has 16 heavy (non-hydrogen) atoms. The van der Waals surface area contributed by atoms with Crippen LogP contribution in [0.2, 0.25) is 5.15 Å². The number of hydrogen-bond donors (Lipinski definition) is 2. The number of nitrogens with two attached hydrogens (primary N) is 1. The highest BCUT2D eigenvalue weighted by molar-refractivity contribution is 14.1. The van der Waals surface area contributed by atoms with Crippen molar-refractivity contribution in [2.75, 3.05) is 5.32 Å². The van der Waals surface area contributed by atoms with E-state index in [9.17, 15) is 0 Å². The lowest BCUT2D eigenvalue weighted by atomic mass is 9.92. The van der Waals surface area contributed by atoms with E-state index < -0.39 is 0 Å². The maximum atomic E-state index is 5.95. The lowest BCUT2D eigenvalue weighted by Gasteiger charge is -2.27. The average molecular weight is 352 g/mol. The fraction of sp³-hybridized carbons (Fsp3) is 0.545. The second-order valence-electron chi connectivity index (χ2n) is 4.26. The summed E-state index contributed by atoms with van der Waals surface area (Å²) in [7, 11) is 0. The molecule has 5 heteroatoms. The first-order valence-corrected chi connectivity index (χ1v) is 6.94. The molecule has 0 saturated heterocycles.